The van der Waals surface area contributed by atoms with Crippen molar-refractivity contribution in [2.75, 3.05) is 24.3 Å². The molecule has 0 aliphatic carbocycles. The average Bonchev–Trinajstić information content (AvgIpc) is 2.88. The second kappa shape index (κ2) is 10.8. The van der Waals surface area contributed by atoms with Crippen molar-refractivity contribution >= 4 is 34.3 Å². The zero-order valence-electron chi connectivity index (χ0n) is 18.8. The SMILES string of the molecule is COc1cccc(-n2c(SCC(=O)N(CCC#N)c3ccc(F)cc3)nc3ccccc3c2=O)c1. The summed E-state index contributed by atoms with van der Waals surface area (Å²) in [6, 6.07) is 21.6. The highest BCUT2D eigenvalue weighted by Gasteiger charge is 2.19. The number of hydrogen-bond acceptors (Lipinski definition) is 6. The van der Waals surface area contributed by atoms with E-state index in [1.165, 1.54) is 33.7 Å². The number of benzene rings is 3. The fraction of sp³-hybridized carbons (Fsp3) is 0.154. The molecular weight excluding hydrogens is 467 g/mol. The molecule has 0 N–H and O–H groups in total. The molecule has 1 amide bonds. The second-order valence-corrected chi connectivity index (χ2v) is 8.41. The van der Waals surface area contributed by atoms with Gasteiger partial charge in [-0.2, -0.15) is 5.26 Å². The van der Waals surface area contributed by atoms with E-state index in [0.717, 1.165) is 11.8 Å². The molecule has 0 aliphatic heterocycles. The first-order valence-corrected chi connectivity index (χ1v) is 11.7. The molecule has 176 valence electrons. The molecule has 0 bridgehead atoms. The van der Waals surface area contributed by atoms with Gasteiger partial charge in [0.2, 0.25) is 5.91 Å². The van der Waals surface area contributed by atoms with Gasteiger partial charge in [-0.15, -0.1) is 0 Å². The van der Waals surface area contributed by atoms with Crippen LogP contribution in [0, 0.1) is 17.1 Å². The minimum Gasteiger partial charge on any atom is -0.497 e. The Balaban J connectivity index is 1.71. The van der Waals surface area contributed by atoms with Gasteiger partial charge in [0.1, 0.15) is 11.6 Å². The number of para-hydroxylation sites is 1. The van der Waals surface area contributed by atoms with Crippen LogP contribution in [0.5, 0.6) is 5.75 Å². The van der Waals surface area contributed by atoms with E-state index in [9.17, 15) is 14.0 Å². The third kappa shape index (κ3) is 5.34. The second-order valence-electron chi connectivity index (χ2n) is 7.47. The molecule has 0 radical (unpaired) electrons. The zero-order chi connectivity index (χ0) is 24.8. The van der Waals surface area contributed by atoms with Crippen LogP contribution < -0.4 is 15.2 Å². The van der Waals surface area contributed by atoms with Crippen molar-refractivity contribution < 1.29 is 13.9 Å². The number of rotatable bonds is 8. The van der Waals surface area contributed by atoms with Crippen molar-refractivity contribution in [2.45, 2.75) is 11.6 Å². The minimum atomic E-state index is -0.418. The van der Waals surface area contributed by atoms with Gasteiger partial charge in [0, 0.05) is 18.3 Å². The largest absolute Gasteiger partial charge is 0.497 e. The Kier molecular flexibility index (Phi) is 7.43. The summed E-state index contributed by atoms with van der Waals surface area (Å²) in [5.74, 6) is -0.180. The lowest BCUT2D eigenvalue weighted by Crippen LogP contribution is -2.33. The van der Waals surface area contributed by atoms with Crippen LogP contribution in [0.3, 0.4) is 0 Å². The molecule has 0 fully saturated rings. The minimum absolute atomic E-state index is 0.0441. The van der Waals surface area contributed by atoms with Crippen molar-refractivity contribution in [3.63, 3.8) is 0 Å². The topological polar surface area (TPSA) is 88.2 Å². The van der Waals surface area contributed by atoms with E-state index in [1.807, 2.05) is 6.07 Å². The summed E-state index contributed by atoms with van der Waals surface area (Å²) in [7, 11) is 1.54. The van der Waals surface area contributed by atoms with Gasteiger partial charge in [0.25, 0.3) is 5.56 Å². The number of ether oxygens (including phenoxy) is 1. The molecule has 9 heteroatoms. The first-order chi connectivity index (χ1) is 17.0. The van der Waals surface area contributed by atoms with Crippen LogP contribution in [0.15, 0.2) is 82.7 Å². The van der Waals surface area contributed by atoms with Crippen LogP contribution in [0.25, 0.3) is 16.6 Å². The summed E-state index contributed by atoms with van der Waals surface area (Å²) in [4.78, 5) is 32.7. The molecule has 0 saturated carbocycles. The van der Waals surface area contributed by atoms with E-state index in [2.05, 4.69) is 4.98 Å². The number of amides is 1. The Hall–Kier alpha value is -4.16. The number of fused-ring (bicyclic) bond motifs is 1. The van der Waals surface area contributed by atoms with Crippen molar-refractivity contribution in [1.29, 1.82) is 5.26 Å². The lowest BCUT2D eigenvalue weighted by Gasteiger charge is -2.22. The highest BCUT2D eigenvalue weighted by atomic mass is 32.2. The van der Waals surface area contributed by atoms with Gasteiger partial charge in [0.15, 0.2) is 5.16 Å². The molecule has 0 atom stereocenters. The van der Waals surface area contributed by atoms with Gasteiger partial charge >= 0.3 is 0 Å². The fourth-order valence-corrected chi connectivity index (χ4v) is 4.46. The molecule has 3 aromatic carbocycles. The smallest absolute Gasteiger partial charge is 0.266 e. The van der Waals surface area contributed by atoms with Crippen LogP contribution in [0.2, 0.25) is 0 Å². The summed E-state index contributed by atoms with van der Waals surface area (Å²) in [6.45, 7) is 0.162. The van der Waals surface area contributed by atoms with E-state index in [0.29, 0.717) is 33.2 Å². The summed E-state index contributed by atoms with van der Waals surface area (Å²) < 4.78 is 20.2. The summed E-state index contributed by atoms with van der Waals surface area (Å²) in [5.41, 5.74) is 1.30. The molecule has 0 saturated heterocycles. The lowest BCUT2D eigenvalue weighted by molar-refractivity contribution is -0.116. The van der Waals surface area contributed by atoms with Crippen LogP contribution in [-0.4, -0.2) is 34.9 Å². The normalized spacial score (nSPS) is 10.7. The summed E-state index contributed by atoms with van der Waals surface area (Å²) in [6.07, 6.45) is 0.122. The number of anilines is 1. The third-order valence-corrected chi connectivity index (χ3v) is 6.19. The number of thioether (sulfide) groups is 1. The van der Waals surface area contributed by atoms with Crippen molar-refractivity contribution in [3.05, 3.63) is 89.0 Å². The molecule has 7 nitrogen and oxygen atoms in total. The lowest BCUT2D eigenvalue weighted by atomic mass is 10.2. The highest BCUT2D eigenvalue weighted by Crippen LogP contribution is 2.25. The number of carbonyl (C=O) groups excluding carboxylic acids is 1. The first kappa shape index (κ1) is 24.0. The maximum atomic E-state index is 13.4. The maximum absolute atomic E-state index is 13.4. The third-order valence-electron chi connectivity index (χ3n) is 5.27. The predicted octanol–water partition coefficient (Wildman–Crippen LogP) is 4.57. The Morgan fingerprint density at radius 2 is 1.91 bits per heavy atom. The molecular formula is C26H21FN4O3S. The monoisotopic (exact) mass is 488 g/mol. The summed E-state index contributed by atoms with van der Waals surface area (Å²) in [5, 5.41) is 9.81. The van der Waals surface area contributed by atoms with E-state index >= 15 is 0 Å². The summed E-state index contributed by atoms with van der Waals surface area (Å²) >= 11 is 1.11. The molecule has 0 unspecified atom stereocenters. The van der Waals surface area contributed by atoms with Crippen molar-refractivity contribution in [1.82, 2.24) is 9.55 Å². The van der Waals surface area contributed by atoms with Gasteiger partial charge in [-0.3, -0.25) is 14.2 Å². The molecule has 0 spiro atoms. The quantitative estimate of drug-likeness (QED) is 0.267. The Labute approximate surface area is 205 Å². The van der Waals surface area contributed by atoms with Crippen LogP contribution in [0.1, 0.15) is 6.42 Å². The van der Waals surface area contributed by atoms with Crippen LogP contribution in [-0.2, 0) is 4.79 Å². The number of nitriles is 1. The molecule has 35 heavy (non-hydrogen) atoms. The first-order valence-electron chi connectivity index (χ1n) is 10.7. The van der Waals surface area contributed by atoms with Gasteiger partial charge in [0.05, 0.1) is 41.9 Å². The van der Waals surface area contributed by atoms with Gasteiger partial charge in [-0.1, -0.05) is 30.0 Å². The number of aromatic nitrogens is 2. The van der Waals surface area contributed by atoms with Crippen molar-refractivity contribution in [2.24, 2.45) is 0 Å². The van der Waals surface area contributed by atoms with Crippen molar-refractivity contribution in [3.8, 4) is 17.5 Å². The predicted molar refractivity (Wildman–Crippen MR) is 134 cm³/mol. The van der Waals surface area contributed by atoms with Gasteiger partial charge in [-0.25, -0.2) is 9.37 Å². The maximum Gasteiger partial charge on any atom is 0.266 e. The van der Waals surface area contributed by atoms with E-state index in [4.69, 9.17) is 10.00 Å². The van der Waals surface area contributed by atoms with Gasteiger partial charge in [-0.05, 0) is 48.5 Å². The standard InChI is InChI=1S/C26H21FN4O3S/c1-34-21-7-4-6-20(16-21)31-25(33)22-8-2-3-9-23(22)29-26(31)35-17-24(32)30(15-5-14-28)19-12-10-18(27)11-13-19/h2-4,6-13,16H,5,15,17H2,1H3. The Morgan fingerprint density at radius 3 is 2.66 bits per heavy atom. The number of carbonyl (C=O) groups is 1. The van der Waals surface area contributed by atoms with Crippen LogP contribution in [0.4, 0.5) is 10.1 Å². The number of methoxy groups -OCH3 is 1. The molecule has 1 aromatic heterocycles. The Bertz CT molecular complexity index is 1460. The molecule has 4 aromatic rings. The molecule has 0 aliphatic rings. The fourth-order valence-electron chi connectivity index (χ4n) is 3.57. The van der Waals surface area contributed by atoms with E-state index < -0.39 is 5.82 Å². The van der Waals surface area contributed by atoms with Crippen LogP contribution >= 0.6 is 11.8 Å². The number of nitrogens with zero attached hydrogens (tertiary/aromatic N) is 4. The highest BCUT2D eigenvalue weighted by molar-refractivity contribution is 7.99. The molecule has 1 heterocycles. The average molecular weight is 489 g/mol. The Morgan fingerprint density at radius 1 is 1.14 bits per heavy atom. The number of hydrogen-bond donors (Lipinski definition) is 0. The van der Waals surface area contributed by atoms with Gasteiger partial charge < -0.3 is 9.64 Å². The number of halogens is 1. The van der Waals surface area contributed by atoms with E-state index in [-0.39, 0.29) is 30.2 Å². The molecule has 4 rings (SSSR count). The zero-order valence-corrected chi connectivity index (χ0v) is 19.7. The van der Waals surface area contributed by atoms with E-state index in [1.54, 1.807) is 55.6 Å².